The Morgan fingerprint density at radius 1 is 0.541 bits per heavy atom. The fourth-order valence-corrected chi connectivity index (χ4v) is 20.5. The minimum absolute atomic E-state index is 0.00116. The van der Waals surface area contributed by atoms with Gasteiger partial charge in [0.1, 0.15) is 11.7 Å². The van der Waals surface area contributed by atoms with Crippen molar-refractivity contribution < 1.29 is 43.2 Å². The summed E-state index contributed by atoms with van der Waals surface area (Å²) in [5.74, 6) is 16.6. The van der Waals surface area contributed by atoms with Crippen molar-refractivity contribution in [2.75, 3.05) is 19.8 Å². The fourth-order valence-electron chi connectivity index (χ4n) is 20.5. The molecule has 11 saturated carbocycles. The number of carbonyl (C=O) groups is 4. The lowest BCUT2D eigenvalue weighted by Crippen LogP contribution is -2.44. The van der Waals surface area contributed by atoms with E-state index in [1.54, 1.807) is 0 Å². The number of fused-ring (bicyclic) bond motifs is 27. The molecule has 16 aliphatic rings. The molecule has 1 N–H and O–H groups in total. The Morgan fingerprint density at radius 2 is 1.03 bits per heavy atom. The molecule has 0 radical (unpaired) electrons. The Balaban J connectivity index is 0.0000000892. The third-order valence-electron chi connectivity index (χ3n) is 23.9. The molecule has 24 atom stereocenters. The van der Waals surface area contributed by atoms with Crippen LogP contribution in [0.15, 0.2) is 0 Å². The number of hydrogen-bond donors (Lipinski definition) is 1. The van der Waals surface area contributed by atoms with E-state index < -0.39 is 0 Å². The lowest BCUT2D eigenvalue weighted by Gasteiger charge is -2.44. The van der Waals surface area contributed by atoms with Gasteiger partial charge in [-0.1, -0.05) is 34.6 Å². The van der Waals surface area contributed by atoms with Gasteiger partial charge in [-0.15, -0.1) is 0 Å². The maximum absolute atomic E-state index is 12.0. The average molecular weight is 843 g/mol. The molecule has 0 aromatic rings. The van der Waals surface area contributed by atoms with E-state index in [0.29, 0.717) is 54.6 Å². The molecule has 9 nitrogen and oxygen atoms in total. The van der Waals surface area contributed by atoms with Crippen molar-refractivity contribution in [1.29, 1.82) is 0 Å². The maximum Gasteiger partial charge on any atom is 0.313 e. The first-order valence-corrected chi connectivity index (χ1v) is 25.4. The highest BCUT2D eigenvalue weighted by Crippen LogP contribution is 2.75. The highest BCUT2D eigenvalue weighted by Gasteiger charge is 2.73. The minimum atomic E-state index is -0.234. The van der Waals surface area contributed by atoms with Gasteiger partial charge in [-0.25, -0.2) is 0 Å². The van der Waals surface area contributed by atoms with Gasteiger partial charge in [-0.05, 0) is 191 Å². The van der Waals surface area contributed by atoms with Crippen LogP contribution in [0.3, 0.4) is 0 Å². The van der Waals surface area contributed by atoms with Gasteiger partial charge >= 0.3 is 23.9 Å². The zero-order chi connectivity index (χ0) is 42.4. The Hall–Kier alpha value is -2.16. The van der Waals surface area contributed by atoms with Crippen molar-refractivity contribution in [1.82, 2.24) is 0 Å². The molecule has 11 aliphatic carbocycles. The molecule has 0 spiro atoms. The predicted octanol–water partition coefficient (Wildman–Crippen LogP) is 8.00. The molecule has 0 aromatic heterocycles. The monoisotopic (exact) mass is 843 g/mol. The lowest BCUT2D eigenvalue weighted by atomic mass is 9.59. The Kier molecular flexibility index (Phi) is 8.90. The smallest absolute Gasteiger partial charge is 0.313 e. The summed E-state index contributed by atoms with van der Waals surface area (Å²) in [7, 11) is 0. The SMILES string of the molecule is CC12CCC(C)(C(=O)O1)C2(C)C.CC1C(C)C2CC1C1C3CC(C4C(=O)OCC34)C21.CC1C(CO)C2CC1C1C3CC(C4COC(=O)C43)C21.O=C1OC2CC3CC(C2)CC1C3. The average Bonchev–Trinajstić information content (AvgIpc) is 4.08. The molecular weight excluding hydrogens is 769 g/mol. The molecule has 9 heteroatoms. The maximum atomic E-state index is 12.0. The van der Waals surface area contributed by atoms with Crippen LogP contribution in [0.4, 0.5) is 0 Å². The first-order valence-electron chi connectivity index (χ1n) is 25.4. The zero-order valence-electron chi connectivity index (χ0n) is 38.0. The molecular formula is C52H74O9. The molecule has 5 saturated heterocycles. The van der Waals surface area contributed by atoms with Crippen LogP contribution in [0, 0.1) is 147 Å². The van der Waals surface area contributed by atoms with E-state index in [2.05, 4.69) is 41.5 Å². The van der Waals surface area contributed by atoms with E-state index in [4.69, 9.17) is 18.9 Å². The quantitative estimate of drug-likeness (QED) is 0.159. The summed E-state index contributed by atoms with van der Waals surface area (Å²) >= 11 is 0. The van der Waals surface area contributed by atoms with E-state index in [1.165, 1.54) is 32.1 Å². The van der Waals surface area contributed by atoms with Gasteiger partial charge in [0.05, 0.1) is 36.4 Å². The van der Waals surface area contributed by atoms with E-state index in [1.807, 2.05) is 6.92 Å². The van der Waals surface area contributed by atoms with E-state index >= 15 is 0 Å². The van der Waals surface area contributed by atoms with Gasteiger partial charge in [-0.3, -0.25) is 19.2 Å². The standard InChI is InChI=1S/C16H22O3.C16H22O2.C10H14O2.C10H16O2/c1-6-7-2-8(11(6)4-17)14-9-3-10(13(7)14)15-12(9)5-19-16(15)18;1-6-7(2)9-3-8(6)13-10-4-11(14(9)13)15-12(10)5-18-16(15)17;11-10-8-2-6-1-7(3-8)5-9(4-6)12-10;1-8(2)9(3)5-6-10(8,4)12-7(9)11/h6-15,17H,2-5H2,1H3;6-15H,3-5H2,1-2H3;6-9H,1-5H2;5-6H2,1-4H3. The summed E-state index contributed by atoms with van der Waals surface area (Å²) in [6, 6.07) is 0. The first-order chi connectivity index (χ1) is 29.0. The van der Waals surface area contributed by atoms with E-state index in [0.717, 1.165) is 128 Å². The summed E-state index contributed by atoms with van der Waals surface area (Å²) < 4.78 is 21.5. The topological polar surface area (TPSA) is 125 Å². The van der Waals surface area contributed by atoms with E-state index in [-0.39, 0.29) is 58.2 Å². The number of aliphatic hydroxyl groups is 1. The number of rotatable bonds is 1. The second-order valence-electron chi connectivity index (χ2n) is 25.4. The summed E-state index contributed by atoms with van der Waals surface area (Å²) in [5.41, 5.74) is -0.447. The zero-order valence-corrected chi connectivity index (χ0v) is 38.0. The van der Waals surface area contributed by atoms with Crippen molar-refractivity contribution in [2.24, 2.45) is 147 Å². The summed E-state index contributed by atoms with van der Waals surface area (Å²) in [6.07, 6.45) is 13.6. The number of aliphatic hydroxyl groups excluding tert-OH is 1. The number of esters is 4. The number of cyclic esters (lactones) is 2. The molecule has 24 unspecified atom stereocenters. The highest BCUT2D eigenvalue weighted by molar-refractivity contribution is 5.82. The lowest BCUT2D eigenvalue weighted by molar-refractivity contribution is -0.158. The van der Waals surface area contributed by atoms with Gasteiger partial charge < -0.3 is 24.1 Å². The van der Waals surface area contributed by atoms with Gasteiger partial charge in [0.2, 0.25) is 0 Å². The predicted molar refractivity (Wildman–Crippen MR) is 223 cm³/mol. The van der Waals surface area contributed by atoms with Crippen molar-refractivity contribution in [3.8, 4) is 0 Å². The van der Waals surface area contributed by atoms with E-state index in [9.17, 15) is 24.3 Å². The van der Waals surface area contributed by atoms with Gasteiger partial charge in [-0.2, -0.15) is 0 Å². The third kappa shape index (κ3) is 5.22. The van der Waals surface area contributed by atoms with Crippen LogP contribution in [0.2, 0.25) is 0 Å². The van der Waals surface area contributed by atoms with Crippen molar-refractivity contribution in [3.05, 3.63) is 0 Å². The van der Waals surface area contributed by atoms with Crippen LogP contribution < -0.4 is 0 Å². The molecule has 14 bridgehead atoms. The van der Waals surface area contributed by atoms with Crippen LogP contribution in [-0.2, 0) is 38.1 Å². The number of hydrogen-bond acceptors (Lipinski definition) is 9. The number of carbonyl (C=O) groups excluding carboxylic acids is 4. The van der Waals surface area contributed by atoms with Crippen molar-refractivity contribution in [3.63, 3.8) is 0 Å². The third-order valence-corrected chi connectivity index (χ3v) is 23.9. The van der Waals surface area contributed by atoms with Crippen molar-refractivity contribution in [2.45, 2.75) is 131 Å². The van der Waals surface area contributed by atoms with Gasteiger partial charge in [0.25, 0.3) is 0 Å². The molecule has 0 amide bonds. The number of ether oxygens (including phenoxy) is 4. The largest absolute Gasteiger partial charge is 0.465 e. The second-order valence-corrected chi connectivity index (χ2v) is 25.4. The summed E-state index contributed by atoms with van der Waals surface area (Å²) in [5, 5.41) is 9.70. The summed E-state index contributed by atoms with van der Waals surface area (Å²) in [6.45, 7) is 17.4. The second kappa shape index (κ2) is 13.5. The molecule has 0 aromatic carbocycles. The Bertz CT molecular complexity index is 1860. The van der Waals surface area contributed by atoms with Crippen LogP contribution in [0.25, 0.3) is 0 Å². The molecule has 16 fully saturated rings. The highest BCUT2D eigenvalue weighted by atomic mass is 16.6. The first kappa shape index (κ1) is 40.4. The summed E-state index contributed by atoms with van der Waals surface area (Å²) in [4.78, 5) is 46.9. The Morgan fingerprint density at radius 3 is 1.51 bits per heavy atom. The van der Waals surface area contributed by atoms with Crippen LogP contribution in [-0.4, -0.2) is 60.5 Å². The Labute approximate surface area is 363 Å². The van der Waals surface area contributed by atoms with Crippen molar-refractivity contribution >= 4 is 23.9 Å². The molecule has 61 heavy (non-hydrogen) atoms. The van der Waals surface area contributed by atoms with Gasteiger partial charge in [0.15, 0.2) is 0 Å². The van der Waals surface area contributed by atoms with Crippen LogP contribution in [0.5, 0.6) is 0 Å². The fraction of sp³-hybridized carbons (Fsp3) is 0.923. The molecule has 5 heterocycles. The molecule has 336 valence electrons. The molecule has 16 rings (SSSR count). The van der Waals surface area contributed by atoms with Crippen LogP contribution >= 0.6 is 0 Å². The normalized spacial score (nSPS) is 59.6. The minimum Gasteiger partial charge on any atom is -0.465 e. The van der Waals surface area contributed by atoms with Gasteiger partial charge in [0, 0.05) is 23.9 Å². The molecule has 5 aliphatic heterocycles. The van der Waals surface area contributed by atoms with Crippen LogP contribution in [0.1, 0.15) is 119 Å².